The Hall–Kier alpha value is -3.76. The summed E-state index contributed by atoms with van der Waals surface area (Å²) in [5.74, 6) is -2.15. The third-order valence-electron chi connectivity index (χ3n) is 4.03. The summed E-state index contributed by atoms with van der Waals surface area (Å²) in [7, 11) is 0. The zero-order valence-corrected chi connectivity index (χ0v) is 14.7. The zero-order chi connectivity index (χ0) is 21.3. The van der Waals surface area contributed by atoms with Gasteiger partial charge in [-0.2, -0.15) is 18.3 Å². The maximum absolute atomic E-state index is 14.0. The van der Waals surface area contributed by atoms with E-state index in [0.717, 1.165) is 18.2 Å². The second-order valence-electron chi connectivity index (χ2n) is 5.98. The molecule has 3 aromatic rings. The Kier molecular flexibility index (Phi) is 5.06. The molecule has 0 bridgehead atoms. The van der Waals surface area contributed by atoms with E-state index in [0.29, 0.717) is 16.4 Å². The maximum atomic E-state index is 14.0. The van der Waals surface area contributed by atoms with Crippen LogP contribution in [0.2, 0.25) is 0 Å². The van der Waals surface area contributed by atoms with Crippen molar-refractivity contribution in [3.8, 4) is 5.69 Å². The van der Waals surface area contributed by atoms with Gasteiger partial charge in [0.05, 0.1) is 16.7 Å². The summed E-state index contributed by atoms with van der Waals surface area (Å²) in [6.45, 7) is 1.48. The van der Waals surface area contributed by atoms with Crippen LogP contribution in [0.25, 0.3) is 5.69 Å². The summed E-state index contributed by atoms with van der Waals surface area (Å²) in [5.41, 5.74) is -2.87. The number of rotatable bonds is 4. The minimum absolute atomic E-state index is 0.0703. The lowest BCUT2D eigenvalue weighted by Crippen LogP contribution is -2.21. The number of carbonyl (C=O) groups excluding carboxylic acids is 1. The molecule has 7 nitrogen and oxygen atoms in total. The number of halogens is 4. The van der Waals surface area contributed by atoms with Gasteiger partial charge in [-0.15, -0.1) is 0 Å². The first-order chi connectivity index (χ1) is 13.6. The number of nitro benzene ring substituents is 1. The number of aryl methyl sites for hydroxylation is 1. The lowest BCUT2D eigenvalue weighted by Gasteiger charge is -2.13. The van der Waals surface area contributed by atoms with Gasteiger partial charge in [-0.1, -0.05) is 18.2 Å². The third kappa shape index (κ3) is 3.93. The molecule has 2 aromatic carbocycles. The molecule has 0 atom stereocenters. The summed E-state index contributed by atoms with van der Waals surface area (Å²) < 4.78 is 55.1. The maximum Gasteiger partial charge on any atom is 0.434 e. The van der Waals surface area contributed by atoms with Crippen LogP contribution in [-0.4, -0.2) is 20.6 Å². The molecule has 29 heavy (non-hydrogen) atoms. The molecule has 1 aromatic heterocycles. The van der Waals surface area contributed by atoms with Gasteiger partial charge in [0.1, 0.15) is 11.5 Å². The van der Waals surface area contributed by atoms with Crippen molar-refractivity contribution in [1.29, 1.82) is 0 Å². The smallest absolute Gasteiger partial charge is 0.322 e. The molecule has 1 N–H and O–H groups in total. The standard InChI is InChI=1S/C18H12F4N4O3/c1-10-6-7-11(8-15(10)26(28)29)24-17(27)12-9-23-25(16(12)18(20,21)22)14-5-3-2-4-13(14)19/h2-9H,1H3,(H,24,27). The van der Waals surface area contributed by atoms with Crippen LogP contribution < -0.4 is 5.32 Å². The number of benzene rings is 2. The minimum Gasteiger partial charge on any atom is -0.322 e. The molecule has 3 rings (SSSR count). The van der Waals surface area contributed by atoms with Crippen LogP contribution >= 0.6 is 0 Å². The van der Waals surface area contributed by atoms with Crippen LogP contribution in [0.15, 0.2) is 48.7 Å². The molecule has 0 unspecified atom stereocenters. The quantitative estimate of drug-likeness (QED) is 0.391. The molecule has 11 heteroatoms. The van der Waals surface area contributed by atoms with Crippen LogP contribution in [0, 0.1) is 22.9 Å². The number of para-hydroxylation sites is 1. The number of alkyl halides is 3. The van der Waals surface area contributed by atoms with E-state index in [4.69, 9.17) is 0 Å². The van der Waals surface area contributed by atoms with Crippen molar-refractivity contribution in [2.75, 3.05) is 5.32 Å². The molecule has 0 radical (unpaired) electrons. The highest BCUT2D eigenvalue weighted by Crippen LogP contribution is 2.34. The predicted octanol–water partition coefficient (Wildman–Crippen LogP) is 4.50. The lowest BCUT2D eigenvalue weighted by molar-refractivity contribution is -0.385. The molecule has 150 valence electrons. The SMILES string of the molecule is Cc1ccc(NC(=O)c2cnn(-c3ccccc3F)c2C(F)(F)F)cc1[N+](=O)[O-]. The van der Waals surface area contributed by atoms with E-state index in [1.165, 1.54) is 31.2 Å². The van der Waals surface area contributed by atoms with Crippen molar-refractivity contribution in [2.24, 2.45) is 0 Å². The van der Waals surface area contributed by atoms with Gasteiger partial charge in [0, 0.05) is 17.3 Å². The van der Waals surface area contributed by atoms with Gasteiger partial charge in [-0.05, 0) is 25.1 Å². The molecule has 0 saturated heterocycles. The number of nitrogens with one attached hydrogen (secondary N) is 1. The summed E-state index contributed by atoms with van der Waals surface area (Å²) in [6, 6.07) is 8.36. The van der Waals surface area contributed by atoms with E-state index >= 15 is 0 Å². The summed E-state index contributed by atoms with van der Waals surface area (Å²) in [4.78, 5) is 22.8. The molecule has 0 aliphatic rings. The van der Waals surface area contributed by atoms with E-state index in [9.17, 15) is 32.5 Å². The van der Waals surface area contributed by atoms with Gasteiger partial charge < -0.3 is 5.32 Å². The largest absolute Gasteiger partial charge is 0.434 e. The lowest BCUT2D eigenvalue weighted by atomic mass is 10.1. The molecule has 0 aliphatic carbocycles. The second-order valence-corrected chi connectivity index (χ2v) is 5.98. The van der Waals surface area contributed by atoms with Crippen LogP contribution in [-0.2, 0) is 6.18 Å². The first-order valence-electron chi connectivity index (χ1n) is 8.06. The fourth-order valence-electron chi connectivity index (χ4n) is 2.68. The van der Waals surface area contributed by atoms with Gasteiger partial charge in [0.15, 0.2) is 5.69 Å². The van der Waals surface area contributed by atoms with E-state index in [1.807, 2.05) is 0 Å². The average Bonchev–Trinajstić information content (AvgIpc) is 3.09. The Morgan fingerprint density at radius 1 is 1.21 bits per heavy atom. The fraction of sp³-hybridized carbons (Fsp3) is 0.111. The number of anilines is 1. The topological polar surface area (TPSA) is 90.1 Å². The van der Waals surface area contributed by atoms with Crippen LogP contribution in [0.1, 0.15) is 21.6 Å². The molecular weight excluding hydrogens is 396 g/mol. The first kappa shape index (κ1) is 20.0. The summed E-state index contributed by atoms with van der Waals surface area (Å²) >= 11 is 0. The number of hydrogen-bond donors (Lipinski definition) is 1. The fourth-order valence-corrected chi connectivity index (χ4v) is 2.68. The number of aromatic nitrogens is 2. The number of carbonyl (C=O) groups is 1. The predicted molar refractivity (Wildman–Crippen MR) is 94.3 cm³/mol. The summed E-state index contributed by atoms with van der Waals surface area (Å²) in [5, 5.41) is 16.7. The molecule has 0 fully saturated rings. The van der Waals surface area contributed by atoms with Crippen molar-refractivity contribution in [1.82, 2.24) is 9.78 Å². The number of nitrogens with zero attached hydrogens (tertiary/aromatic N) is 3. The highest BCUT2D eigenvalue weighted by molar-refractivity contribution is 6.05. The normalized spacial score (nSPS) is 11.3. The van der Waals surface area contributed by atoms with Crippen molar-refractivity contribution in [2.45, 2.75) is 13.1 Å². The molecule has 0 spiro atoms. The van der Waals surface area contributed by atoms with Crippen molar-refractivity contribution in [3.05, 3.63) is 81.4 Å². The molecule has 0 aliphatic heterocycles. The van der Waals surface area contributed by atoms with Gasteiger partial charge in [0.25, 0.3) is 11.6 Å². The Bertz CT molecular complexity index is 1110. The second kappa shape index (κ2) is 7.34. The highest BCUT2D eigenvalue weighted by Gasteiger charge is 2.41. The van der Waals surface area contributed by atoms with Gasteiger partial charge in [-0.3, -0.25) is 14.9 Å². The van der Waals surface area contributed by atoms with Crippen molar-refractivity contribution >= 4 is 17.3 Å². The number of hydrogen-bond acceptors (Lipinski definition) is 4. The Morgan fingerprint density at radius 3 is 2.52 bits per heavy atom. The molecule has 1 heterocycles. The van der Waals surface area contributed by atoms with E-state index in [2.05, 4.69) is 10.4 Å². The molecular formula is C18H12F4N4O3. The van der Waals surface area contributed by atoms with Crippen molar-refractivity contribution < 1.29 is 27.3 Å². The molecule has 0 saturated carbocycles. The average molecular weight is 408 g/mol. The first-order valence-corrected chi connectivity index (χ1v) is 8.06. The van der Waals surface area contributed by atoms with Crippen LogP contribution in [0.4, 0.5) is 28.9 Å². The van der Waals surface area contributed by atoms with Gasteiger partial charge in [0.2, 0.25) is 0 Å². The van der Waals surface area contributed by atoms with Gasteiger partial charge >= 0.3 is 6.18 Å². The number of amides is 1. The third-order valence-corrected chi connectivity index (χ3v) is 4.03. The van der Waals surface area contributed by atoms with E-state index < -0.39 is 39.8 Å². The highest BCUT2D eigenvalue weighted by atomic mass is 19.4. The Labute approximate surface area is 160 Å². The molecule has 1 amide bonds. The van der Waals surface area contributed by atoms with Crippen molar-refractivity contribution in [3.63, 3.8) is 0 Å². The van der Waals surface area contributed by atoms with Crippen LogP contribution in [0.5, 0.6) is 0 Å². The zero-order valence-electron chi connectivity index (χ0n) is 14.7. The van der Waals surface area contributed by atoms with Crippen LogP contribution in [0.3, 0.4) is 0 Å². The van der Waals surface area contributed by atoms with E-state index in [1.54, 1.807) is 0 Å². The monoisotopic (exact) mass is 408 g/mol. The van der Waals surface area contributed by atoms with Gasteiger partial charge in [-0.25, -0.2) is 9.07 Å². The Morgan fingerprint density at radius 2 is 1.90 bits per heavy atom. The van der Waals surface area contributed by atoms with E-state index in [-0.39, 0.29) is 11.4 Å². The number of nitro groups is 1. The minimum atomic E-state index is -5.02. The summed E-state index contributed by atoms with van der Waals surface area (Å²) in [6.07, 6.45) is -4.36. The Balaban J connectivity index is 2.03.